The maximum Gasteiger partial charge on any atom is 0.421 e. The molecule has 0 radical (unpaired) electrons. The molecule has 4 atom stereocenters. The predicted octanol–water partition coefficient (Wildman–Crippen LogP) is 5.29. The van der Waals surface area contributed by atoms with Crippen molar-refractivity contribution in [3.8, 4) is 0 Å². The van der Waals surface area contributed by atoms with Crippen molar-refractivity contribution in [2.75, 3.05) is 46.1 Å². The Morgan fingerprint density at radius 2 is 1.58 bits per heavy atom. The quantitative estimate of drug-likeness (QED) is 0.209. The van der Waals surface area contributed by atoms with Crippen LogP contribution < -0.4 is 4.72 Å². The molecule has 4 rings (SSSR count). The number of rotatable bonds is 18. The third kappa shape index (κ3) is 10.6. The fraction of sp³-hybridized carbons (Fsp3) is 0.788. The average molecular weight is 655 g/mol. The topological polar surface area (TPSA) is 122 Å². The fourth-order valence-electron chi connectivity index (χ4n) is 6.22. The summed E-state index contributed by atoms with van der Waals surface area (Å²) < 4.78 is 64.4. The van der Waals surface area contributed by atoms with Gasteiger partial charge >= 0.3 is 6.09 Å². The first-order valence-corrected chi connectivity index (χ1v) is 18.3. The molecule has 0 bridgehead atoms. The average Bonchev–Trinajstić information content (AvgIpc) is 3.40. The normalized spacial score (nSPS) is 26.5. The molecule has 45 heavy (non-hydrogen) atoms. The van der Waals surface area contributed by atoms with Gasteiger partial charge in [-0.2, -0.15) is 0 Å². The monoisotopic (exact) mass is 654 g/mol. The second-order valence-electron chi connectivity index (χ2n) is 12.9. The van der Waals surface area contributed by atoms with E-state index >= 15 is 0 Å². The first kappa shape index (κ1) is 36.0. The Bertz CT molecular complexity index is 1160. The molecule has 3 aliphatic rings. The van der Waals surface area contributed by atoms with E-state index in [4.69, 9.17) is 28.4 Å². The van der Waals surface area contributed by atoms with Crippen molar-refractivity contribution in [3.05, 3.63) is 29.8 Å². The number of amides is 1. The molecule has 12 heteroatoms. The first-order chi connectivity index (χ1) is 21.5. The molecule has 1 aromatic rings. The first-order valence-electron chi connectivity index (χ1n) is 16.8. The summed E-state index contributed by atoms with van der Waals surface area (Å²) >= 11 is 0. The molecule has 1 N–H and O–H groups in total. The van der Waals surface area contributed by atoms with Gasteiger partial charge in [0, 0.05) is 26.2 Å². The SMILES string of the molecule is CCCCCCCCCCCCOC[C@@]12O[C@@H](CN3CCOCC3)[C@@H](OC(=O)NS(=O)(=O)c3ccc(C)cc3)[C@@H]1OC(C)(C)O2. The van der Waals surface area contributed by atoms with E-state index in [-0.39, 0.29) is 11.5 Å². The van der Waals surface area contributed by atoms with Crippen LogP contribution in [0.1, 0.15) is 90.5 Å². The molecular formula is C33H54N2O9S. The van der Waals surface area contributed by atoms with Gasteiger partial charge in [0.1, 0.15) is 12.7 Å². The van der Waals surface area contributed by atoms with Gasteiger partial charge in [-0.25, -0.2) is 17.9 Å². The number of benzene rings is 1. The molecule has 1 amide bonds. The highest BCUT2D eigenvalue weighted by molar-refractivity contribution is 7.90. The maximum atomic E-state index is 13.1. The third-order valence-corrected chi connectivity index (χ3v) is 9.89. The number of nitrogens with one attached hydrogen (secondary N) is 1. The molecule has 0 spiro atoms. The number of fused-ring (bicyclic) bond motifs is 1. The number of carbonyl (C=O) groups excluding carboxylic acids is 1. The van der Waals surface area contributed by atoms with Gasteiger partial charge in [0.05, 0.1) is 18.1 Å². The summed E-state index contributed by atoms with van der Waals surface area (Å²) in [5.74, 6) is -2.33. The van der Waals surface area contributed by atoms with Crippen molar-refractivity contribution >= 4 is 16.1 Å². The number of carbonyl (C=O) groups is 1. The number of ether oxygens (including phenoxy) is 6. The lowest BCUT2D eigenvalue weighted by molar-refractivity contribution is -0.279. The largest absolute Gasteiger partial charge is 0.440 e. The highest BCUT2D eigenvalue weighted by atomic mass is 32.2. The Kier molecular flexibility index (Phi) is 13.5. The molecule has 0 saturated carbocycles. The third-order valence-electron chi connectivity index (χ3n) is 8.56. The molecule has 3 aliphatic heterocycles. The number of aryl methyl sites for hydroxylation is 1. The number of hydrogen-bond donors (Lipinski definition) is 1. The summed E-state index contributed by atoms with van der Waals surface area (Å²) in [6.45, 7) is 11.3. The van der Waals surface area contributed by atoms with Crippen LogP contribution in [0, 0.1) is 6.92 Å². The summed E-state index contributed by atoms with van der Waals surface area (Å²) in [4.78, 5) is 15.2. The van der Waals surface area contributed by atoms with Crippen LogP contribution in [0.15, 0.2) is 29.2 Å². The Labute approximate surface area is 269 Å². The van der Waals surface area contributed by atoms with Crippen LogP contribution in [0.4, 0.5) is 4.79 Å². The van der Waals surface area contributed by atoms with Gasteiger partial charge in [-0.1, -0.05) is 82.4 Å². The Morgan fingerprint density at radius 1 is 0.956 bits per heavy atom. The molecule has 3 fully saturated rings. The van der Waals surface area contributed by atoms with E-state index in [1.807, 2.05) is 11.6 Å². The zero-order valence-corrected chi connectivity index (χ0v) is 28.4. The smallest absolute Gasteiger partial charge is 0.421 e. The van der Waals surface area contributed by atoms with Crippen molar-refractivity contribution in [2.24, 2.45) is 0 Å². The van der Waals surface area contributed by atoms with Crippen molar-refractivity contribution in [1.82, 2.24) is 9.62 Å². The summed E-state index contributed by atoms with van der Waals surface area (Å²) in [5, 5.41) is 0. The number of unbranched alkanes of at least 4 members (excludes halogenated alkanes) is 9. The van der Waals surface area contributed by atoms with Crippen molar-refractivity contribution in [1.29, 1.82) is 0 Å². The van der Waals surface area contributed by atoms with Crippen LogP contribution in [-0.4, -0.2) is 95.4 Å². The van der Waals surface area contributed by atoms with Crippen LogP contribution in [0.25, 0.3) is 0 Å². The van der Waals surface area contributed by atoms with Gasteiger partial charge in [0.2, 0.25) is 5.79 Å². The number of hydrogen-bond acceptors (Lipinski definition) is 10. The van der Waals surface area contributed by atoms with Crippen molar-refractivity contribution < 1.29 is 41.6 Å². The van der Waals surface area contributed by atoms with Crippen molar-refractivity contribution in [2.45, 2.75) is 127 Å². The molecule has 0 aliphatic carbocycles. The number of nitrogens with zero attached hydrogens (tertiary/aromatic N) is 1. The molecular weight excluding hydrogens is 600 g/mol. The second-order valence-corrected chi connectivity index (χ2v) is 14.6. The van der Waals surface area contributed by atoms with Gasteiger partial charge in [0.25, 0.3) is 10.0 Å². The predicted molar refractivity (Wildman–Crippen MR) is 169 cm³/mol. The lowest BCUT2D eigenvalue weighted by Gasteiger charge is -2.32. The Balaban J connectivity index is 1.35. The van der Waals surface area contributed by atoms with Gasteiger partial charge in [-0.3, -0.25) is 4.90 Å². The standard InChI is InChI=1S/C33H54N2O9S/c1-5-6-7-8-9-10-11-12-13-14-21-40-25-33-30(43-32(3,4)44-33)29(28(42-33)24-35-19-22-39-23-20-35)41-31(36)34-45(37,38)27-17-15-26(2)16-18-27/h15-18,28-30H,5-14,19-25H2,1-4H3,(H,34,36)/t28-,29+,30-,33-/m0/s1. The molecule has 3 saturated heterocycles. The molecule has 0 aromatic heterocycles. The highest BCUT2D eigenvalue weighted by Crippen LogP contribution is 2.47. The van der Waals surface area contributed by atoms with Gasteiger partial charge in [0.15, 0.2) is 18.0 Å². The van der Waals surface area contributed by atoms with E-state index in [9.17, 15) is 13.2 Å². The minimum atomic E-state index is -4.15. The second kappa shape index (κ2) is 16.9. The zero-order chi connectivity index (χ0) is 32.3. The Hall–Kier alpha value is -1.80. The molecule has 0 unspecified atom stereocenters. The van der Waals surface area contributed by atoms with E-state index in [0.717, 1.165) is 18.4 Å². The fourth-order valence-corrected chi connectivity index (χ4v) is 7.10. The van der Waals surface area contributed by atoms with Crippen LogP contribution in [0.5, 0.6) is 0 Å². The summed E-state index contributed by atoms with van der Waals surface area (Å²) in [6, 6.07) is 6.22. The van der Waals surface area contributed by atoms with E-state index in [1.54, 1.807) is 26.0 Å². The summed E-state index contributed by atoms with van der Waals surface area (Å²) in [7, 11) is -4.15. The van der Waals surface area contributed by atoms with E-state index in [2.05, 4.69) is 11.8 Å². The van der Waals surface area contributed by atoms with Crippen LogP contribution in [-0.2, 0) is 38.4 Å². The van der Waals surface area contributed by atoms with Crippen LogP contribution >= 0.6 is 0 Å². The summed E-state index contributed by atoms with van der Waals surface area (Å²) in [6.07, 6.45) is 8.83. The van der Waals surface area contributed by atoms with E-state index < -0.39 is 46.0 Å². The molecule has 3 heterocycles. The van der Waals surface area contributed by atoms with Gasteiger partial charge < -0.3 is 28.4 Å². The van der Waals surface area contributed by atoms with Gasteiger partial charge in [-0.15, -0.1) is 0 Å². The lowest BCUT2D eigenvalue weighted by Crippen LogP contribution is -2.48. The summed E-state index contributed by atoms with van der Waals surface area (Å²) in [5.41, 5.74) is 0.901. The van der Waals surface area contributed by atoms with Crippen LogP contribution in [0.3, 0.4) is 0 Å². The van der Waals surface area contributed by atoms with Crippen LogP contribution in [0.2, 0.25) is 0 Å². The Morgan fingerprint density at radius 3 is 2.22 bits per heavy atom. The van der Waals surface area contributed by atoms with Gasteiger partial charge in [-0.05, 0) is 39.3 Å². The number of sulfonamides is 1. The molecule has 256 valence electrons. The minimum absolute atomic E-state index is 0.0334. The van der Waals surface area contributed by atoms with E-state index in [1.165, 1.54) is 63.5 Å². The zero-order valence-electron chi connectivity index (χ0n) is 27.6. The number of morpholine rings is 1. The molecule has 1 aromatic carbocycles. The van der Waals surface area contributed by atoms with E-state index in [0.29, 0.717) is 39.5 Å². The minimum Gasteiger partial charge on any atom is -0.440 e. The highest BCUT2D eigenvalue weighted by Gasteiger charge is 2.66. The lowest BCUT2D eigenvalue weighted by atomic mass is 10.0. The molecule has 11 nitrogen and oxygen atoms in total. The maximum absolute atomic E-state index is 13.1. The van der Waals surface area contributed by atoms with Crippen molar-refractivity contribution in [3.63, 3.8) is 0 Å².